The van der Waals surface area contributed by atoms with Crippen LogP contribution in [0.15, 0.2) is 0 Å². The van der Waals surface area contributed by atoms with Gasteiger partial charge in [-0.2, -0.15) is 0 Å². The van der Waals surface area contributed by atoms with Crippen LogP contribution in [0.3, 0.4) is 0 Å². The standard InChI is InChI=1S/C15H28N2O2/c18-14(17-11-5-6-12-17)7-10-16-13-15(19)8-3-1-2-4-9-15/h16,19H,1-13H2. The minimum absolute atomic E-state index is 0.262. The second kappa shape index (κ2) is 7.25. The molecule has 2 fully saturated rings. The third-order valence-corrected chi connectivity index (χ3v) is 4.46. The van der Waals surface area contributed by atoms with Crippen LogP contribution in [0.5, 0.6) is 0 Å². The molecular weight excluding hydrogens is 240 g/mol. The average Bonchev–Trinajstić information content (AvgIpc) is 2.85. The third kappa shape index (κ3) is 4.77. The second-order valence-corrected chi connectivity index (χ2v) is 6.15. The van der Waals surface area contributed by atoms with E-state index in [1.54, 1.807) is 0 Å². The van der Waals surface area contributed by atoms with E-state index in [1.165, 1.54) is 12.8 Å². The van der Waals surface area contributed by atoms with Crippen LogP contribution in [0.4, 0.5) is 0 Å². The molecule has 1 aliphatic carbocycles. The van der Waals surface area contributed by atoms with Gasteiger partial charge in [-0.1, -0.05) is 25.7 Å². The lowest BCUT2D eigenvalue weighted by molar-refractivity contribution is -0.130. The molecule has 0 radical (unpaired) electrons. The largest absolute Gasteiger partial charge is 0.389 e. The zero-order valence-corrected chi connectivity index (χ0v) is 12.0. The number of likely N-dealkylation sites (tertiary alicyclic amines) is 1. The van der Waals surface area contributed by atoms with Crippen LogP contribution in [-0.4, -0.2) is 47.7 Å². The molecule has 0 atom stereocenters. The number of aliphatic hydroxyl groups is 1. The Morgan fingerprint density at radius 2 is 1.68 bits per heavy atom. The molecule has 1 aliphatic heterocycles. The summed E-state index contributed by atoms with van der Waals surface area (Å²) in [7, 11) is 0. The number of hydrogen-bond donors (Lipinski definition) is 2. The zero-order valence-electron chi connectivity index (χ0n) is 12.0. The van der Waals surface area contributed by atoms with Gasteiger partial charge in [-0.3, -0.25) is 4.79 Å². The van der Waals surface area contributed by atoms with Crippen molar-refractivity contribution < 1.29 is 9.90 Å². The van der Waals surface area contributed by atoms with Gasteiger partial charge >= 0.3 is 0 Å². The van der Waals surface area contributed by atoms with Gasteiger partial charge in [0.25, 0.3) is 0 Å². The van der Waals surface area contributed by atoms with Gasteiger partial charge in [0, 0.05) is 32.6 Å². The summed E-state index contributed by atoms with van der Waals surface area (Å²) in [5.74, 6) is 0.262. The first kappa shape index (κ1) is 14.8. The van der Waals surface area contributed by atoms with E-state index in [0.717, 1.165) is 51.6 Å². The molecule has 2 aliphatic rings. The highest BCUT2D eigenvalue weighted by atomic mass is 16.3. The Labute approximate surface area is 116 Å². The Balaban J connectivity index is 1.61. The van der Waals surface area contributed by atoms with Gasteiger partial charge in [0.1, 0.15) is 0 Å². The maximum Gasteiger partial charge on any atom is 0.223 e. The summed E-state index contributed by atoms with van der Waals surface area (Å²) in [5.41, 5.74) is -0.535. The molecule has 4 nitrogen and oxygen atoms in total. The highest BCUT2D eigenvalue weighted by molar-refractivity contribution is 5.76. The molecule has 1 amide bonds. The van der Waals surface area contributed by atoms with E-state index >= 15 is 0 Å². The predicted molar refractivity (Wildman–Crippen MR) is 76.0 cm³/mol. The number of amides is 1. The summed E-state index contributed by atoms with van der Waals surface area (Å²) in [6.07, 6.45) is 9.43. The lowest BCUT2D eigenvalue weighted by Crippen LogP contribution is -2.41. The molecule has 19 heavy (non-hydrogen) atoms. The summed E-state index contributed by atoms with van der Waals surface area (Å²) in [5, 5.41) is 13.8. The minimum Gasteiger partial charge on any atom is -0.389 e. The van der Waals surface area contributed by atoms with Crippen molar-refractivity contribution in [3.05, 3.63) is 0 Å². The lowest BCUT2D eigenvalue weighted by atomic mass is 9.94. The topological polar surface area (TPSA) is 52.6 Å². The van der Waals surface area contributed by atoms with E-state index in [4.69, 9.17) is 0 Å². The zero-order chi connectivity index (χ0) is 13.6. The molecule has 110 valence electrons. The van der Waals surface area contributed by atoms with Crippen LogP contribution in [0.25, 0.3) is 0 Å². The number of nitrogens with one attached hydrogen (secondary N) is 1. The van der Waals surface area contributed by atoms with E-state index < -0.39 is 5.60 Å². The Morgan fingerprint density at radius 3 is 2.32 bits per heavy atom. The smallest absolute Gasteiger partial charge is 0.223 e. The van der Waals surface area contributed by atoms with Crippen molar-refractivity contribution in [3.8, 4) is 0 Å². The molecule has 2 rings (SSSR count). The molecule has 0 spiro atoms. The molecule has 1 saturated heterocycles. The van der Waals surface area contributed by atoms with E-state index in [0.29, 0.717) is 19.5 Å². The average molecular weight is 268 g/mol. The summed E-state index contributed by atoms with van der Waals surface area (Å²) in [6.45, 7) is 3.20. The van der Waals surface area contributed by atoms with Gasteiger partial charge < -0.3 is 15.3 Å². The Bertz CT molecular complexity index is 280. The van der Waals surface area contributed by atoms with Crippen molar-refractivity contribution in [2.75, 3.05) is 26.2 Å². The molecule has 2 N–H and O–H groups in total. The first-order chi connectivity index (χ1) is 9.20. The first-order valence-corrected chi connectivity index (χ1v) is 7.91. The van der Waals surface area contributed by atoms with E-state index in [-0.39, 0.29) is 5.91 Å². The summed E-state index contributed by atoms with van der Waals surface area (Å²) >= 11 is 0. The predicted octanol–water partition coefficient (Wildman–Crippen LogP) is 1.67. The Morgan fingerprint density at radius 1 is 1.05 bits per heavy atom. The van der Waals surface area contributed by atoms with Crippen LogP contribution < -0.4 is 5.32 Å². The van der Waals surface area contributed by atoms with Gasteiger partial charge in [0.2, 0.25) is 5.91 Å². The molecule has 0 aromatic rings. The fraction of sp³-hybridized carbons (Fsp3) is 0.933. The molecule has 0 bridgehead atoms. The fourth-order valence-electron chi connectivity index (χ4n) is 3.20. The highest BCUT2D eigenvalue weighted by Gasteiger charge is 2.27. The van der Waals surface area contributed by atoms with Crippen molar-refractivity contribution in [1.82, 2.24) is 10.2 Å². The van der Waals surface area contributed by atoms with Gasteiger partial charge in [0.15, 0.2) is 0 Å². The van der Waals surface area contributed by atoms with Gasteiger partial charge in [-0.15, -0.1) is 0 Å². The van der Waals surface area contributed by atoms with Crippen LogP contribution in [-0.2, 0) is 4.79 Å². The molecule has 4 heteroatoms. The number of hydrogen-bond acceptors (Lipinski definition) is 3. The van der Waals surface area contributed by atoms with Crippen molar-refractivity contribution in [1.29, 1.82) is 0 Å². The lowest BCUT2D eigenvalue weighted by Gasteiger charge is -2.27. The molecule has 0 aromatic heterocycles. The summed E-state index contributed by atoms with van der Waals surface area (Å²) in [6, 6.07) is 0. The van der Waals surface area contributed by atoms with Gasteiger partial charge in [-0.05, 0) is 25.7 Å². The second-order valence-electron chi connectivity index (χ2n) is 6.15. The monoisotopic (exact) mass is 268 g/mol. The third-order valence-electron chi connectivity index (χ3n) is 4.46. The fourth-order valence-corrected chi connectivity index (χ4v) is 3.20. The molecule has 0 aromatic carbocycles. The van der Waals surface area contributed by atoms with Gasteiger partial charge in [-0.25, -0.2) is 0 Å². The highest BCUT2D eigenvalue weighted by Crippen LogP contribution is 2.26. The Hall–Kier alpha value is -0.610. The van der Waals surface area contributed by atoms with Crippen molar-refractivity contribution in [3.63, 3.8) is 0 Å². The van der Waals surface area contributed by atoms with E-state index in [1.807, 2.05) is 4.90 Å². The normalized spacial score (nSPS) is 23.3. The maximum atomic E-state index is 11.9. The SMILES string of the molecule is O=C(CCNCC1(O)CCCCCC1)N1CCCC1. The van der Waals surface area contributed by atoms with E-state index in [2.05, 4.69) is 5.32 Å². The van der Waals surface area contributed by atoms with Crippen LogP contribution in [0.2, 0.25) is 0 Å². The minimum atomic E-state index is -0.535. The Kier molecular flexibility index (Phi) is 5.64. The van der Waals surface area contributed by atoms with Crippen LogP contribution in [0.1, 0.15) is 57.8 Å². The van der Waals surface area contributed by atoms with Crippen LogP contribution in [0, 0.1) is 0 Å². The maximum absolute atomic E-state index is 11.9. The van der Waals surface area contributed by atoms with Crippen molar-refractivity contribution >= 4 is 5.91 Å². The van der Waals surface area contributed by atoms with Gasteiger partial charge in [0.05, 0.1) is 5.60 Å². The molecular formula is C15H28N2O2. The molecule has 1 heterocycles. The summed E-state index contributed by atoms with van der Waals surface area (Å²) in [4.78, 5) is 13.8. The van der Waals surface area contributed by atoms with Crippen LogP contribution >= 0.6 is 0 Å². The first-order valence-electron chi connectivity index (χ1n) is 7.91. The van der Waals surface area contributed by atoms with Crippen molar-refractivity contribution in [2.45, 2.75) is 63.4 Å². The molecule has 0 unspecified atom stereocenters. The molecule has 1 saturated carbocycles. The summed E-state index contributed by atoms with van der Waals surface area (Å²) < 4.78 is 0. The number of nitrogens with zero attached hydrogens (tertiary/aromatic N) is 1. The number of carbonyl (C=O) groups excluding carboxylic acids is 1. The quantitative estimate of drug-likeness (QED) is 0.589. The van der Waals surface area contributed by atoms with Crippen molar-refractivity contribution in [2.24, 2.45) is 0 Å². The number of rotatable bonds is 5. The number of carbonyl (C=O) groups is 1. The van der Waals surface area contributed by atoms with E-state index in [9.17, 15) is 9.90 Å².